The molecule has 3 nitrogen and oxygen atoms in total. The van der Waals surface area contributed by atoms with Crippen LogP contribution in [0.2, 0.25) is 0 Å². The smallest absolute Gasteiger partial charge is 0.135 e. The molecule has 0 amide bonds. The van der Waals surface area contributed by atoms with Crippen LogP contribution in [0.25, 0.3) is 75.4 Å². The lowest BCUT2D eigenvalue weighted by Gasteiger charge is -2.27. The second-order valence-electron chi connectivity index (χ2n) is 12.4. The molecule has 0 aliphatic heterocycles. The van der Waals surface area contributed by atoms with Gasteiger partial charge in [-0.05, 0) is 76.5 Å². The van der Waals surface area contributed by atoms with E-state index in [0.717, 1.165) is 66.2 Å². The molecule has 8 aromatic carbocycles. The Balaban J connectivity index is 1.12. The van der Waals surface area contributed by atoms with Crippen LogP contribution >= 0.6 is 11.3 Å². The van der Waals surface area contributed by atoms with E-state index in [1.165, 1.54) is 26.2 Å². The Hall–Kier alpha value is -6.23. The first-order chi connectivity index (χ1) is 24.3. The number of anilines is 3. The number of fused-ring (bicyclic) bond motifs is 8. The van der Waals surface area contributed by atoms with Crippen molar-refractivity contribution in [2.24, 2.45) is 0 Å². The van der Waals surface area contributed by atoms with Crippen molar-refractivity contribution in [3.05, 3.63) is 170 Å². The van der Waals surface area contributed by atoms with Gasteiger partial charge in [0, 0.05) is 38.5 Å². The minimum atomic E-state index is 0.909. The van der Waals surface area contributed by atoms with Crippen LogP contribution in [0.15, 0.2) is 174 Å². The van der Waals surface area contributed by atoms with Crippen LogP contribution in [0.3, 0.4) is 0 Å². The summed E-state index contributed by atoms with van der Waals surface area (Å²) >= 11 is 1.77. The molecular weight excluding hydrogens is 617 g/mol. The van der Waals surface area contributed by atoms with E-state index in [1.807, 2.05) is 12.1 Å². The van der Waals surface area contributed by atoms with Crippen LogP contribution in [-0.2, 0) is 0 Å². The third kappa shape index (κ3) is 4.61. The summed E-state index contributed by atoms with van der Waals surface area (Å²) in [6.07, 6.45) is 0. The summed E-state index contributed by atoms with van der Waals surface area (Å²) in [5.74, 6) is 0. The molecule has 0 N–H and O–H groups in total. The molecule has 0 aliphatic carbocycles. The summed E-state index contributed by atoms with van der Waals surface area (Å²) in [7, 11) is 0. The number of hydrogen-bond donors (Lipinski definition) is 0. The van der Waals surface area contributed by atoms with Crippen molar-refractivity contribution in [1.29, 1.82) is 0 Å². The zero-order valence-corrected chi connectivity index (χ0v) is 27.2. The van der Waals surface area contributed by atoms with Gasteiger partial charge in [-0.3, -0.25) is 0 Å². The lowest BCUT2D eigenvalue weighted by Crippen LogP contribution is -2.10. The highest BCUT2D eigenvalue weighted by Gasteiger charge is 2.18. The van der Waals surface area contributed by atoms with Gasteiger partial charge in [0.05, 0.1) is 15.9 Å². The minimum Gasteiger partial charge on any atom is -0.456 e. The Labute approximate surface area is 286 Å². The van der Waals surface area contributed by atoms with Crippen molar-refractivity contribution < 1.29 is 4.42 Å². The minimum absolute atomic E-state index is 0.909. The van der Waals surface area contributed by atoms with Gasteiger partial charge in [0.2, 0.25) is 0 Å². The van der Waals surface area contributed by atoms with Gasteiger partial charge in [-0.15, -0.1) is 11.3 Å². The lowest BCUT2D eigenvalue weighted by molar-refractivity contribution is 0.669. The zero-order chi connectivity index (χ0) is 32.3. The van der Waals surface area contributed by atoms with E-state index in [0.29, 0.717) is 0 Å². The van der Waals surface area contributed by atoms with Crippen molar-refractivity contribution >= 4 is 82.1 Å². The van der Waals surface area contributed by atoms with Crippen LogP contribution in [0.5, 0.6) is 0 Å². The molecule has 0 saturated carbocycles. The van der Waals surface area contributed by atoms with Crippen LogP contribution < -0.4 is 4.90 Å². The number of rotatable bonds is 5. The largest absolute Gasteiger partial charge is 0.456 e. The summed E-state index contributed by atoms with van der Waals surface area (Å²) in [5, 5.41) is 8.21. The van der Waals surface area contributed by atoms with Gasteiger partial charge in [-0.2, -0.15) is 0 Å². The van der Waals surface area contributed by atoms with Gasteiger partial charge >= 0.3 is 0 Å². The van der Waals surface area contributed by atoms with Crippen LogP contribution in [-0.4, -0.2) is 4.98 Å². The Morgan fingerprint density at radius 2 is 1.16 bits per heavy atom. The van der Waals surface area contributed by atoms with E-state index in [4.69, 9.17) is 9.40 Å². The van der Waals surface area contributed by atoms with E-state index in [9.17, 15) is 0 Å². The summed E-state index contributed by atoms with van der Waals surface area (Å²) < 4.78 is 7.31. The number of thiazole rings is 1. The Kier molecular flexibility index (Phi) is 6.36. The van der Waals surface area contributed by atoms with Crippen LogP contribution in [0, 0.1) is 0 Å². The lowest BCUT2D eigenvalue weighted by atomic mass is 9.99. The Morgan fingerprint density at radius 3 is 2.02 bits per heavy atom. The first-order valence-corrected chi connectivity index (χ1v) is 17.3. The number of para-hydroxylation sites is 2. The quantitative estimate of drug-likeness (QED) is 0.175. The SMILES string of the molecule is c1ccc(-c2nc3ccc4ccc5c(N(c6ccccc6)c6ccc(-c7ccc8oc9ccccc9c8c7)cc6)cccc5c4c3s2)cc1. The molecule has 0 radical (unpaired) electrons. The average Bonchev–Trinajstić information content (AvgIpc) is 3.78. The molecule has 0 unspecified atom stereocenters. The molecule has 0 fully saturated rings. The summed E-state index contributed by atoms with van der Waals surface area (Å²) in [4.78, 5) is 7.43. The highest BCUT2D eigenvalue weighted by atomic mass is 32.1. The van der Waals surface area contributed by atoms with E-state index in [2.05, 4.69) is 163 Å². The standard InChI is InChI=1S/C45H28N2OS/c1-3-10-31(11-4-1)45-46-39-26-21-30-20-25-35-37(43(30)44(39)49-45)15-9-16-40(35)47(33-12-5-2-6-13-33)34-23-18-29(19-24-34)32-22-27-42-38(28-32)36-14-7-8-17-41(36)48-42/h1-28H. The maximum absolute atomic E-state index is 6.09. The van der Waals surface area contributed by atoms with Gasteiger partial charge in [0.25, 0.3) is 0 Å². The number of hydrogen-bond acceptors (Lipinski definition) is 4. The summed E-state index contributed by atoms with van der Waals surface area (Å²) in [5.41, 5.74) is 9.67. The molecule has 10 rings (SSSR count). The van der Waals surface area contributed by atoms with Gasteiger partial charge in [-0.1, -0.05) is 115 Å². The van der Waals surface area contributed by atoms with Gasteiger partial charge in [0.15, 0.2) is 0 Å². The third-order valence-electron chi connectivity index (χ3n) is 9.48. The molecule has 2 heterocycles. The second kappa shape index (κ2) is 11.2. The molecule has 0 atom stereocenters. The van der Waals surface area contributed by atoms with E-state index in [1.54, 1.807) is 11.3 Å². The third-order valence-corrected chi connectivity index (χ3v) is 10.6. The number of nitrogens with zero attached hydrogens (tertiary/aromatic N) is 2. The fourth-order valence-electron chi connectivity index (χ4n) is 7.16. The van der Waals surface area contributed by atoms with E-state index in [-0.39, 0.29) is 0 Å². The normalized spacial score (nSPS) is 11.7. The average molecular weight is 645 g/mol. The molecule has 4 heteroatoms. The molecule has 0 aliphatic rings. The first-order valence-electron chi connectivity index (χ1n) is 16.5. The summed E-state index contributed by atoms with van der Waals surface area (Å²) in [6, 6.07) is 60.3. The number of furan rings is 1. The fraction of sp³-hybridized carbons (Fsp3) is 0. The van der Waals surface area contributed by atoms with Crippen molar-refractivity contribution in [2.75, 3.05) is 4.90 Å². The molecular formula is C45H28N2OS. The van der Waals surface area contributed by atoms with Crippen molar-refractivity contribution in [1.82, 2.24) is 4.98 Å². The van der Waals surface area contributed by atoms with Crippen molar-refractivity contribution in [3.63, 3.8) is 0 Å². The first kappa shape index (κ1) is 27.8. The van der Waals surface area contributed by atoms with E-state index >= 15 is 0 Å². The molecule has 49 heavy (non-hydrogen) atoms. The molecule has 0 spiro atoms. The van der Waals surface area contributed by atoms with E-state index < -0.39 is 0 Å². The van der Waals surface area contributed by atoms with Gasteiger partial charge < -0.3 is 9.32 Å². The second-order valence-corrected chi connectivity index (χ2v) is 13.4. The predicted octanol–water partition coefficient (Wildman–Crippen LogP) is 13.3. The highest BCUT2D eigenvalue weighted by Crippen LogP contribution is 2.44. The Morgan fingerprint density at radius 1 is 0.469 bits per heavy atom. The molecule has 10 aromatic rings. The molecule has 0 bridgehead atoms. The topological polar surface area (TPSA) is 29.3 Å². The maximum Gasteiger partial charge on any atom is 0.135 e. The fourth-order valence-corrected chi connectivity index (χ4v) is 8.29. The van der Waals surface area contributed by atoms with Crippen molar-refractivity contribution in [2.45, 2.75) is 0 Å². The van der Waals surface area contributed by atoms with Crippen LogP contribution in [0.1, 0.15) is 0 Å². The number of aromatic nitrogens is 1. The Bertz CT molecular complexity index is 2820. The predicted molar refractivity (Wildman–Crippen MR) is 207 cm³/mol. The molecule has 230 valence electrons. The summed E-state index contributed by atoms with van der Waals surface area (Å²) in [6.45, 7) is 0. The van der Waals surface area contributed by atoms with Gasteiger partial charge in [-0.25, -0.2) is 4.98 Å². The van der Waals surface area contributed by atoms with Crippen molar-refractivity contribution in [3.8, 4) is 21.7 Å². The number of benzene rings is 8. The zero-order valence-electron chi connectivity index (χ0n) is 26.4. The maximum atomic E-state index is 6.09. The van der Waals surface area contributed by atoms with Gasteiger partial charge in [0.1, 0.15) is 16.2 Å². The molecule has 2 aromatic heterocycles. The molecule has 0 saturated heterocycles. The monoisotopic (exact) mass is 644 g/mol. The van der Waals surface area contributed by atoms with Crippen LogP contribution in [0.4, 0.5) is 17.1 Å². The highest BCUT2D eigenvalue weighted by molar-refractivity contribution is 7.22.